The Balaban J connectivity index is 1.79. The number of hydrogen-bond acceptors (Lipinski definition) is 4. The van der Waals surface area contributed by atoms with E-state index in [4.69, 9.17) is 4.74 Å². The van der Waals surface area contributed by atoms with Crippen molar-refractivity contribution in [3.05, 3.63) is 48.2 Å². The number of carbonyl (C=O) groups excluding carboxylic acids is 1. The summed E-state index contributed by atoms with van der Waals surface area (Å²) in [5, 5.41) is 5.99. The minimum absolute atomic E-state index is 0.0313. The lowest BCUT2D eigenvalue weighted by Crippen LogP contribution is -2.20. The highest BCUT2D eigenvalue weighted by Gasteiger charge is 2.04. The number of benzene rings is 1. The smallest absolute Gasteiger partial charge is 0.262 e. The Kier molecular flexibility index (Phi) is 5.97. The zero-order chi connectivity index (χ0) is 16.7. The van der Waals surface area contributed by atoms with Crippen LogP contribution in [0.1, 0.15) is 19.4 Å². The fourth-order valence-corrected chi connectivity index (χ4v) is 1.86. The Morgan fingerprint density at radius 3 is 2.52 bits per heavy atom. The second kappa shape index (κ2) is 8.17. The molecule has 0 fully saturated rings. The van der Waals surface area contributed by atoms with E-state index in [-0.39, 0.29) is 12.5 Å². The average molecular weight is 313 g/mol. The maximum absolute atomic E-state index is 11.9. The number of aromatic nitrogens is 1. The molecule has 5 heteroatoms. The van der Waals surface area contributed by atoms with Crippen LogP contribution in [0.15, 0.2) is 42.6 Å². The largest absolute Gasteiger partial charge is 0.484 e. The van der Waals surface area contributed by atoms with E-state index in [1.165, 1.54) is 0 Å². The van der Waals surface area contributed by atoms with Crippen LogP contribution in [0.5, 0.6) is 5.75 Å². The first-order chi connectivity index (χ1) is 11.0. The first-order valence-corrected chi connectivity index (χ1v) is 7.72. The van der Waals surface area contributed by atoms with Crippen LogP contribution < -0.4 is 15.4 Å². The lowest BCUT2D eigenvalue weighted by Gasteiger charge is -2.10. The molecule has 1 heterocycles. The molecule has 1 aromatic heterocycles. The summed E-state index contributed by atoms with van der Waals surface area (Å²) in [6.45, 7) is 7.11. The van der Waals surface area contributed by atoms with Gasteiger partial charge in [-0.15, -0.1) is 0 Å². The maximum atomic E-state index is 11.9. The van der Waals surface area contributed by atoms with E-state index < -0.39 is 0 Å². The predicted molar refractivity (Wildman–Crippen MR) is 92.9 cm³/mol. The molecule has 0 aliphatic rings. The Morgan fingerprint density at radius 2 is 1.91 bits per heavy atom. The second-order valence-electron chi connectivity index (χ2n) is 5.86. The molecule has 5 nitrogen and oxygen atoms in total. The Labute approximate surface area is 137 Å². The van der Waals surface area contributed by atoms with Crippen molar-refractivity contribution in [3.8, 4) is 5.75 Å². The van der Waals surface area contributed by atoms with E-state index in [1.807, 2.05) is 43.3 Å². The molecule has 0 aliphatic carbocycles. The summed E-state index contributed by atoms with van der Waals surface area (Å²) in [6.07, 6.45) is 1.63. The highest BCUT2D eigenvalue weighted by atomic mass is 16.5. The molecule has 0 atom stereocenters. The van der Waals surface area contributed by atoms with Gasteiger partial charge >= 0.3 is 0 Å². The SMILES string of the molecule is Cc1ccc(OCC(=O)Nc2ccc(NCC(C)C)nc2)cc1. The normalized spacial score (nSPS) is 10.4. The van der Waals surface area contributed by atoms with Gasteiger partial charge in [-0.05, 0) is 37.1 Å². The minimum Gasteiger partial charge on any atom is -0.484 e. The number of hydrogen-bond donors (Lipinski definition) is 2. The first-order valence-electron chi connectivity index (χ1n) is 7.72. The number of nitrogens with one attached hydrogen (secondary N) is 2. The first kappa shape index (κ1) is 16.8. The molecule has 122 valence electrons. The quantitative estimate of drug-likeness (QED) is 0.821. The third-order valence-corrected chi connectivity index (χ3v) is 3.13. The molecule has 1 aromatic carbocycles. The van der Waals surface area contributed by atoms with E-state index in [0.717, 1.165) is 17.9 Å². The van der Waals surface area contributed by atoms with Gasteiger partial charge in [0.1, 0.15) is 11.6 Å². The van der Waals surface area contributed by atoms with E-state index in [2.05, 4.69) is 29.5 Å². The van der Waals surface area contributed by atoms with Crippen LogP contribution in [-0.2, 0) is 4.79 Å². The van der Waals surface area contributed by atoms with Crippen LogP contribution in [0.3, 0.4) is 0 Å². The summed E-state index contributed by atoms with van der Waals surface area (Å²) >= 11 is 0. The van der Waals surface area contributed by atoms with Crippen molar-refractivity contribution >= 4 is 17.4 Å². The molecule has 23 heavy (non-hydrogen) atoms. The summed E-state index contributed by atoms with van der Waals surface area (Å²) in [5.74, 6) is 1.81. The third kappa shape index (κ3) is 5.98. The van der Waals surface area contributed by atoms with Crippen LogP contribution >= 0.6 is 0 Å². The van der Waals surface area contributed by atoms with E-state index in [0.29, 0.717) is 17.4 Å². The highest BCUT2D eigenvalue weighted by Crippen LogP contribution is 2.12. The van der Waals surface area contributed by atoms with Gasteiger partial charge in [-0.1, -0.05) is 31.5 Å². The molecule has 2 aromatic rings. The van der Waals surface area contributed by atoms with Crippen molar-refractivity contribution in [2.75, 3.05) is 23.8 Å². The third-order valence-electron chi connectivity index (χ3n) is 3.13. The van der Waals surface area contributed by atoms with Crippen LogP contribution in [-0.4, -0.2) is 24.0 Å². The van der Waals surface area contributed by atoms with Gasteiger partial charge in [0.2, 0.25) is 0 Å². The Hall–Kier alpha value is -2.56. The molecule has 0 unspecified atom stereocenters. The molecule has 2 N–H and O–H groups in total. The van der Waals surface area contributed by atoms with Gasteiger partial charge in [0, 0.05) is 6.54 Å². The molecule has 0 spiro atoms. The Bertz CT molecular complexity index is 622. The van der Waals surface area contributed by atoms with Gasteiger partial charge in [0.05, 0.1) is 11.9 Å². The second-order valence-corrected chi connectivity index (χ2v) is 5.86. The van der Waals surface area contributed by atoms with Gasteiger partial charge in [-0.3, -0.25) is 4.79 Å². The molecule has 1 amide bonds. The monoisotopic (exact) mass is 313 g/mol. The van der Waals surface area contributed by atoms with E-state index in [9.17, 15) is 4.79 Å². The number of ether oxygens (including phenoxy) is 1. The zero-order valence-electron chi connectivity index (χ0n) is 13.8. The van der Waals surface area contributed by atoms with Gasteiger partial charge < -0.3 is 15.4 Å². The predicted octanol–water partition coefficient (Wildman–Crippen LogP) is 3.48. The van der Waals surface area contributed by atoms with Gasteiger partial charge in [0.15, 0.2) is 6.61 Å². The van der Waals surface area contributed by atoms with Crippen LogP contribution in [0.25, 0.3) is 0 Å². The van der Waals surface area contributed by atoms with Gasteiger partial charge in [0.25, 0.3) is 5.91 Å². The average Bonchev–Trinajstić information content (AvgIpc) is 2.53. The number of aryl methyl sites for hydroxylation is 1. The number of carbonyl (C=O) groups is 1. The summed E-state index contributed by atoms with van der Waals surface area (Å²) in [7, 11) is 0. The molecule has 2 rings (SSSR count). The van der Waals surface area contributed by atoms with Crippen molar-refractivity contribution in [2.45, 2.75) is 20.8 Å². The lowest BCUT2D eigenvalue weighted by atomic mass is 10.2. The van der Waals surface area contributed by atoms with Crippen molar-refractivity contribution in [2.24, 2.45) is 5.92 Å². The maximum Gasteiger partial charge on any atom is 0.262 e. The number of amides is 1. The molecule has 0 saturated carbocycles. The number of nitrogens with zero attached hydrogens (tertiary/aromatic N) is 1. The lowest BCUT2D eigenvalue weighted by molar-refractivity contribution is -0.118. The summed E-state index contributed by atoms with van der Waals surface area (Å²) < 4.78 is 5.44. The number of rotatable bonds is 7. The number of anilines is 2. The van der Waals surface area contributed by atoms with Crippen LogP contribution in [0, 0.1) is 12.8 Å². The standard InChI is InChI=1S/C18H23N3O2/c1-13(2)10-19-17-9-6-15(11-20-17)21-18(22)12-23-16-7-4-14(3)5-8-16/h4-9,11,13H,10,12H2,1-3H3,(H,19,20)(H,21,22). The van der Waals surface area contributed by atoms with Crippen molar-refractivity contribution in [1.29, 1.82) is 0 Å². The Morgan fingerprint density at radius 1 is 1.17 bits per heavy atom. The summed E-state index contributed by atoms with van der Waals surface area (Å²) in [4.78, 5) is 16.1. The van der Waals surface area contributed by atoms with Crippen molar-refractivity contribution in [1.82, 2.24) is 4.98 Å². The van der Waals surface area contributed by atoms with E-state index >= 15 is 0 Å². The van der Waals surface area contributed by atoms with E-state index in [1.54, 1.807) is 6.20 Å². The van der Waals surface area contributed by atoms with Crippen molar-refractivity contribution < 1.29 is 9.53 Å². The fourth-order valence-electron chi connectivity index (χ4n) is 1.86. The van der Waals surface area contributed by atoms with Gasteiger partial charge in [-0.2, -0.15) is 0 Å². The molecule has 0 bridgehead atoms. The topological polar surface area (TPSA) is 63.2 Å². The summed E-state index contributed by atoms with van der Waals surface area (Å²) in [6, 6.07) is 11.2. The van der Waals surface area contributed by atoms with Gasteiger partial charge in [-0.25, -0.2) is 4.98 Å². The number of pyridine rings is 1. The highest BCUT2D eigenvalue weighted by molar-refractivity contribution is 5.91. The van der Waals surface area contributed by atoms with Crippen LogP contribution in [0.4, 0.5) is 11.5 Å². The molecule has 0 saturated heterocycles. The molecular formula is C18H23N3O2. The minimum atomic E-state index is -0.213. The molecule has 0 radical (unpaired) electrons. The molecule has 0 aliphatic heterocycles. The zero-order valence-corrected chi connectivity index (χ0v) is 13.8. The molecular weight excluding hydrogens is 290 g/mol. The van der Waals surface area contributed by atoms with Crippen molar-refractivity contribution in [3.63, 3.8) is 0 Å². The summed E-state index contributed by atoms with van der Waals surface area (Å²) in [5.41, 5.74) is 1.80. The van der Waals surface area contributed by atoms with Crippen LogP contribution in [0.2, 0.25) is 0 Å². The fraction of sp³-hybridized carbons (Fsp3) is 0.333.